The van der Waals surface area contributed by atoms with E-state index in [-0.39, 0.29) is 11.7 Å². The van der Waals surface area contributed by atoms with Gasteiger partial charge < -0.3 is 9.84 Å². The summed E-state index contributed by atoms with van der Waals surface area (Å²) in [6.07, 6.45) is 2.06. The van der Waals surface area contributed by atoms with E-state index in [2.05, 4.69) is 4.90 Å². The highest BCUT2D eigenvalue weighted by atomic mass is 16.6. The van der Waals surface area contributed by atoms with Crippen LogP contribution in [0, 0.1) is 10.1 Å². The van der Waals surface area contributed by atoms with Crippen molar-refractivity contribution >= 4 is 5.69 Å². The molecule has 1 aliphatic rings. The van der Waals surface area contributed by atoms with Gasteiger partial charge in [-0.25, -0.2) is 0 Å². The molecule has 1 N–H and O–H groups in total. The average Bonchev–Trinajstić information content (AvgIpc) is 2.87. The molecular formula is C15H22N2O4. The second-order valence-electron chi connectivity index (χ2n) is 5.95. The third-order valence-electron chi connectivity index (χ3n) is 3.85. The summed E-state index contributed by atoms with van der Waals surface area (Å²) in [5.41, 5.74) is -0.690. The Morgan fingerprint density at radius 2 is 2.29 bits per heavy atom. The number of nitro groups is 1. The standard InChI is InChI=1S/C15H22N2O4/c1-15(2,18)14-7-4-8-16(14)9-10-21-13-6-3-5-12(11-13)17(19)20/h3,5-6,11,14,18H,4,7-10H2,1-2H3. The maximum atomic E-state index is 10.7. The number of likely N-dealkylation sites (tertiary alicyclic amines) is 1. The smallest absolute Gasteiger partial charge is 0.273 e. The molecule has 0 amide bonds. The second kappa shape index (κ2) is 6.41. The summed E-state index contributed by atoms with van der Waals surface area (Å²) >= 11 is 0. The molecule has 0 bridgehead atoms. The van der Waals surface area contributed by atoms with Crippen LogP contribution in [0.15, 0.2) is 24.3 Å². The Labute approximate surface area is 124 Å². The number of hydrogen-bond donors (Lipinski definition) is 1. The largest absolute Gasteiger partial charge is 0.492 e. The van der Waals surface area contributed by atoms with Crippen molar-refractivity contribution in [2.75, 3.05) is 19.7 Å². The highest BCUT2D eigenvalue weighted by Gasteiger charge is 2.35. The van der Waals surface area contributed by atoms with E-state index in [0.717, 1.165) is 19.4 Å². The second-order valence-corrected chi connectivity index (χ2v) is 5.95. The van der Waals surface area contributed by atoms with E-state index in [1.807, 2.05) is 13.8 Å². The van der Waals surface area contributed by atoms with Crippen LogP contribution in [0.25, 0.3) is 0 Å². The summed E-state index contributed by atoms with van der Waals surface area (Å²) in [4.78, 5) is 12.5. The number of aliphatic hydroxyl groups is 1. The maximum Gasteiger partial charge on any atom is 0.273 e. The first-order valence-corrected chi connectivity index (χ1v) is 7.21. The minimum atomic E-state index is -0.720. The molecule has 2 rings (SSSR count). The van der Waals surface area contributed by atoms with Crippen LogP contribution in [0.2, 0.25) is 0 Å². The summed E-state index contributed by atoms with van der Waals surface area (Å²) in [6.45, 7) is 5.77. The lowest BCUT2D eigenvalue weighted by Gasteiger charge is -2.33. The van der Waals surface area contributed by atoms with Crippen LogP contribution in [0.3, 0.4) is 0 Å². The van der Waals surface area contributed by atoms with E-state index in [1.54, 1.807) is 12.1 Å². The van der Waals surface area contributed by atoms with Gasteiger partial charge in [0.1, 0.15) is 12.4 Å². The average molecular weight is 294 g/mol. The molecule has 21 heavy (non-hydrogen) atoms. The number of benzene rings is 1. The zero-order chi connectivity index (χ0) is 15.5. The van der Waals surface area contributed by atoms with Gasteiger partial charge in [0.2, 0.25) is 0 Å². The van der Waals surface area contributed by atoms with Crippen molar-refractivity contribution in [3.05, 3.63) is 34.4 Å². The van der Waals surface area contributed by atoms with Crippen molar-refractivity contribution in [1.29, 1.82) is 0 Å². The van der Waals surface area contributed by atoms with Crippen LogP contribution in [0.5, 0.6) is 5.75 Å². The first kappa shape index (κ1) is 15.7. The van der Waals surface area contributed by atoms with E-state index in [9.17, 15) is 15.2 Å². The molecule has 1 aromatic carbocycles. The molecule has 1 aliphatic heterocycles. The minimum Gasteiger partial charge on any atom is -0.492 e. The van der Waals surface area contributed by atoms with Gasteiger partial charge in [0.15, 0.2) is 0 Å². The van der Waals surface area contributed by atoms with Crippen LogP contribution in [0.1, 0.15) is 26.7 Å². The molecule has 1 aromatic rings. The highest BCUT2D eigenvalue weighted by molar-refractivity contribution is 5.37. The van der Waals surface area contributed by atoms with Gasteiger partial charge in [-0.15, -0.1) is 0 Å². The minimum absolute atomic E-state index is 0.0306. The highest BCUT2D eigenvalue weighted by Crippen LogP contribution is 2.26. The van der Waals surface area contributed by atoms with Crippen molar-refractivity contribution < 1.29 is 14.8 Å². The van der Waals surface area contributed by atoms with Gasteiger partial charge in [-0.1, -0.05) is 6.07 Å². The fourth-order valence-electron chi connectivity index (χ4n) is 2.86. The molecule has 1 atom stereocenters. The van der Waals surface area contributed by atoms with Crippen molar-refractivity contribution in [2.45, 2.75) is 38.3 Å². The first-order chi connectivity index (χ1) is 9.88. The predicted octanol–water partition coefficient (Wildman–Crippen LogP) is 2.21. The van der Waals surface area contributed by atoms with Crippen molar-refractivity contribution in [3.63, 3.8) is 0 Å². The topological polar surface area (TPSA) is 75.8 Å². The molecule has 6 heteroatoms. The van der Waals surface area contributed by atoms with E-state index in [1.165, 1.54) is 12.1 Å². The Morgan fingerprint density at radius 3 is 2.95 bits per heavy atom. The number of nitro benzene ring substituents is 1. The number of non-ortho nitro benzene ring substituents is 1. The zero-order valence-corrected chi connectivity index (χ0v) is 12.5. The van der Waals surface area contributed by atoms with E-state index >= 15 is 0 Å². The van der Waals surface area contributed by atoms with Crippen LogP contribution in [-0.4, -0.2) is 46.3 Å². The van der Waals surface area contributed by atoms with Gasteiger partial charge in [-0.05, 0) is 39.3 Å². The molecule has 1 fully saturated rings. The van der Waals surface area contributed by atoms with Crippen LogP contribution in [0.4, 0.5) is 5.69 Å². The molecule has 6 nitrogen and oxygen atoms in total. The molecule has 0 saturated carbocycles. The summed E-state index contributed by atoms with van der Waals surface area (Å²) < 4.78 is 5.59. The number of ether oxygens (including phenoxy) is 1. The summed E-state index contributed by atoms with van der Waals surface area (Å²) in [6, 6.07) is 6.34. The number of hydrogen-bond acceptors (Lipinski definition) is 5. The fraction of sp³-hybridized carbons (Fsp3) is 0.600. The fourth-order valence-corrected chi connectivity index (χ4v) is 2.86. The quantitative estimate of drug-likeness (QED) is 0.643. The SMILES string of the molecule is CC(C)(O)C1CCCN1CCOc1cccc([N+](=O)[O-])c1. The number of nitrogens with zero attached hydrogens (tertiary/aromatic N) is 2. The van der Waals surface area contributed by atoms with E-state index in [0.29, 0.717) is 18.9 Å². The number of rotatable bonds is 6. The lowest BCUT2D eigenvalue weighted by molar-refractivity contribution is -0.384. The molecule has 0 radical (unpaired) electrons. The molecule has 0 spiro atoms. The monoisotopic (exact) mass is 294 g/mol. The maximum absolute atomic E-state index is 10.7. The Balaban J connectivity index is 1.87. The molecule has 1 heterocycles. The van der Waals surface area contributed by atoms with Crippen molar-refractivity contribution in [2.24, 2.45) is 0 Å². The van der Waals surface area contributed by atoms with Crippen LogP contribution in [-0.2, 0) is 0 Å². The molecule has 0 aromatic heterocycles. The van der Waals surface area contributed by atoms with Gasteiger partial charge in [-0.2, -0.15) is 0 Å². The molecule has 0 aliphatic carbocycles. The molecular weight excluding hydrogens is 272 g/mol. The molecule has 1 saturated heterocycles. The summed E-state index contributed by atoms with van der Waals surface area (Å²) in [7, 11) is 0. The zero-order valence-electron chi connectivity index (χ0n) is 12.5. The van der Waals surface area contributed by atoms with Crippen LogP contribution >= 0.6 is 0 Å². The Morgan fingerprint density at radius 1 is 1.52 bits per heavy atom. The summed E-state index contributed by atoms with van der Waals surface area (Å²) in [5.74, 6) is 0.503. The van der Waals surface area contributed by atoms with Gasteiger partial charge in [0.05, 0.1) is 16.6 Å². The van der Waals surface area contributed by atoms with Gasteiger partial charge in [0.25, 0.3) is 5.69 Å². The van der Waals surface area contributed by atoms with E-state index < -0.39 is 10.5 Å². The molecule has 1 unspecified atom stereocenters. The predicted molar refractivity (Wildman–Crippen MR) is 79.5 cm³/mol. The normalized spacial score (nSPS) is 19.7. The lowest BCUT2D eigenvalue weighted by Crippen LogP contribution is -2.46. The Hall–Kier alpha value is -1.66. The first-order valence-electron chi connectivity index (χ1n) is 7.21. The van der Waals surface area contributed by atoms with Crippen molar-refractivity contribution in [1.82, 2.24) is 4.90 Å². The van der Waals surface area contributed by atoms with Crippen LogP contribution < -0.4 is 4.74 Å². The molecule has 116 valence electrons. The summed E-state index contributed by atoms with van der Waals surface area (Å²) in [5, 5.41) is 20.8. The third kappa shape index (κ3) is 4.15. The van der Waals surface area contributed by atoms with Gasteiger partial charge >= 0.3 is 0 Å². The third-order valence-corrected chi connectivity index (χ3v) is 3.85. The van der Waals surface area contributed by atoms with Gasteiger partial charge in [0, 0.05) is 18.7 Å². The Kier molecular flexibility index (Phi) is 4.80. The Bertz CT molecular complexity index is 499. The lowest BCUT2D eigenvalue weighted by atomic mass is 9.97. The van der Waals surface area contributed by atoms with E-state index in [4.69, 9.17) is 4.74 Å². The van der Waals surface area contributed by atoms with Gasteiger partial charge in [-0.3, -0.25) is 15.0 Å². The van der Waals surface area contributed by atoms with Crippen molar-refractivity contribution in [3.8, 4) is 5.75 Å².